The Hall–Kier alpha value is -2.07. The van der Waals surface area contributed by atoms with Crippen LogP contribution in [0, 0.1) is 6.92 Å². The van der Waals surface area contributed by atoms with Gasteiger partial charge in [0.15, 0.2) is 12.0 Å². The van der Waals surface area contributed by atoms with Crippen LogP contribution in [0.3, 0.4) is 0 Å². The first-order valence-electron chi connectivity index (χ1n) is 5.41. The number of hydrogen-bond donors (Lipinski definition) is 2. The topological polar surface area (TPSA) is 62.0 Å². The fourth-order valence-corrected chi connectivity index (χ4v) is 1.94. The summed E-state index contributed by atoms with van der Waals surface area (Å²) in [5.41, 5.74) is 5.51. The zero-order valence-electron chi connectivity index (χ0n) is 9.40. The van der Waals surface area contributed by atoms with Gasteiger partial charge in [-0.25, -0.2) is 4.98 Å². The number of hydrogen-bond acceptors (Lipinski definition) is 3. The molecule has 0 saturated heterocycles. The highest BCUT2D eigenvalue weighted by Gasteiger charge is 2.07. The van der Waals surface area contributed by atoms with Gasteiger partial charge in [-0.1, -0.05) is 6.07 Å². The Labute approximate surface area is 97.9 Å². The first-order valence-corrected chi connectivity index (χ1v) is 5.41. The third-order valence-electron chi connectivity index (χ3n) is 2.94. The monoisotopic (exact) mass is 228 g/mol. The van der Waals surface area contributed by atoms with E-state index in [1.54, 1.807) is 0 Å². The smallest absolute Gasteiger partial charge is 0.181 e. The molecule has 3 aromatic rings. The van der Waals surface area contributed by atoms with Crippen LogP contribution in [0.25, 0.3) is 22.4 Å². The molecule has 4 heteroatoms. The predicted molar refractivity (Wildman–Crippen MR) is 64.5 cm³/mol. The number of oxazole rings is 1. The van der Waals surface area contributed by atoms with Gasteiger partial charge in [0.25, 0.3) is 0 Å². The van der Waals surface area contributed by atoms with Crippen molar-refractivity contribution in [3.8, 4) is 11.3 Å². The molecule has 2 N–H and O–H groups in total. The molecule has 0 atom stereocenters. The number of aromatic nitrogens is 2. The summed E-state index contributed by atoms with van der Waals surface area (Å²) < 4.78 is 5.27. The summed E-state index contributed by atoms with van der Waals surface area (Å²) in [6.07, 6.45) is 1.44. The molecule has 0 saturated carbocycles. The van der Waals surface area contributed by atoms with Crippen LogP contribution in [0.5, 0.6) is 0 Å². The van der Waals surface area contributed by atoms with E-state index in [4.69, 9.17) is 9.52 Å². The minimum Gasteiger partial charge on any atom is -0.443 e. The average Bonchev–Trinajstić information content (AvgIpc) is 2.93. The minimum absolute atomic E-state index is 0.0485. The second-order valence-electron chi connectivity index (χ2n) is 4.03. The van der Waals surface area contributed by atoms with Crippen molar-refractivity contribution < 1.29 is 9.52 Å². The van der Waals surface area contributed by atoms with Gasteiger partial charge in [-0.15, -0.1) is 0 Å². The third kappa shape index (κ3) is 1.62. The van der Waals surface area contributed by atoms with Gasteiger partial charge < -0.3 is 14.5 Å². The minimum atomic E-state index is 0.0485. The molecule has 0 amide bonds. The van der Waals surface area contributed by atoms with E-state index in [0.717, 1.165) is 33.6 Å². The summed E-state index contributed by atoms with van der Waals surface area (Å²) >= 11 is 0. The van der Waals surface area contributed by atoms with Crippen LogP contribution in [0.1, 0.15) is 11.3 Å². The zero-order chi connectivity index (χ0) is 11.8. The predicted octanol–water partition coefficient (Wildman–Crippen LogP) is 2.62. The molecule has 0 unspecified atom stereocenters. The lowest BCUT2D eigenvalue weighted by Crippen LogP contribution is -1.81. The highest BCUT2D eigenvalue weighted by molar-refractivity contribution is 5.79. The van der Waals surface area contributed by atoms with Crippen molar-refractivity contribution in [2.45, 2.75) is 13.5 Å². The number of nitrogens with one attached hydrogen (secondary N) is 1. The Kier molecular flexibility index (Phi) is 2.23. The SMILES string of the molecule is Cc1[nH]c(-c2ccc3ncoc3c2)cc1CO. The Morgan fingerprint density at radius 3 is 3.00 bits per heavy atom. The maximum atomic E-state index is 9.17. The number of H-pyrrole nitrogens is 1. The molecule has 0 bridgehead atoms. The average molecular weight is 228 g/mol. The van der Waals surface area contributed by atoms with Gasteiger partial charge in [0.05, 0.1) is 6.61 Å². The Morgan fingerprint density at radius 1 is 1.35 bits per heavy atom. The van der Waals surface area contributed by atoms with E-state index in [-0.39, 0.29) is 6.61 Å². The summed E-state index contributed by atoms with van der Waals surface area (Å²) in [6, 6.07) is 7.79. The lowest BCUT2D eigenvalue weighted by molar-refractivity contribution is 0.281. The van der Waals surface area contributed by atoms with Crippen molar-refractivity contribution in [3.63, 3.8) is 0 Å². The quantitative estimate of drug-likeness (QED) is 0.708. The van der Waals surface area contributed by atoms with Crippen LogP contribution < -0.4 is 0 Å². The van der Waals surface area contributed by atoms with Gasteiger partial charge in [-0.3, -0.25) is 0 Å². The summed E-state index contributed by atoms with van der Waals surface area (Å²) in [7, 11) is 0. The number of nitrogens with zero attached hydrogens (tertiary/aromatic N) is 1. The highest BCUT2D eigenvalue weighted by atomic mass is 16.3. The third-order valence-corrected chi connectivity index (χ3v) is 2.94. The van der Waals surface area contributed by atoms with Crippen LogP contribution in [0.4, 0.5) is 0 Å². The van der Waals surface area contributed by atoms with E-state index < -0.39 is 0 Å². The molecule has 0 spiro atoms. The molecule has 4 nitrogen and oxygen atoms in total. The maximum absolute atomic E-state index is 9.17. The van der Waals surface area contributed by atoms with E-state index in [0.29, 0.717) is 0 Å². The molecule has 1 aromatic carbocycles. The maximum Gasteiger partial charge on any atom is 0.181 e. The van der Waals surface area contributed by atoms with Gasteiger partial charge in [0.2, 0.25) is 0 Å². The zero-order valence-corrected chi connectivity index (χ0v) is 9.40. The van der Waals surface area contributed by atoms with Gasteiger partial charge in [0, 0.05) is 17.0 Å². The van der Waals surface area contributed by atoms with Gasteiger partial charge in [0.1, 0.15) is 5.52 Å². The molecule has 2 aromatic heterocycles. The number of fused-ring (bicyclic) bond motifs is 1. The molecule has 0 fully saturated rings. The van der Waals surface area contributed by atoms with E-state index >= 15 is 0 Å². The Morgan fingerprint density at radius 2 is 2.24 bits per heavy atom. The van der Waals surface area contributed by atoms with Crippen molar-refractivity contribution in [1.29, 1.82) is 0 Å². The van der Waals surface area contributed by atoms with Crippen LogP contribution in [0.15, 0.2) is 35.1 Å². The number of aliphatic hydroxyl groups excluding tert-OH is 1. The van der Waals surface area contributed by atoms with E-state index in [1.165, 1.54) is 6.39 Å². The first kappa shape index (κ1) is 10.1. The molecule has 0 radical (unpaired) electrons. The van der Waals surface area contributed by atoms with Crippen molar-refractivity contribution in [1.82, 2.24) is 9.97 Å². The Bertz CT molecular complexity index is 667. The van der Waals surface area contributed by atoms with Crippen LogP contribution in [-0.4, -0.2) is 15.1 Å². The van der Waals surface area contributed by atoms with Crippen molar-refractivity contribution >= 4 is 11.1 Å². The van der Waals surface area contributed by atoms with E-state index in [9.17, 15) is 0 Å². The summed E-state index contributed by atoms with van der Waals surface area (Å²) in [6.45, 7) is 1.99. The first-order chi connectivity index (χ1) is 8.28. The van der Waals surface area contributed by atoms with Gasteiger partial charge in [-0.2, -0.15) is 0 Å². The van der Waals surface area contributed by atoms with Gasteiger partial charge in [-0.05, 0) is 30.7 Å². The summed E-state index contributed by atoms with van der Waals surface area (Å²) in [5, 5.41) is 9.17. The van der Waals surface area contributed by atoms with Crippen molar-refractivity contribution in [3.05, 3.63) is 41.9 Å². The number of benzene rings is 1. The lowest BCUT2D eigenvalue weighted by atomic mass is 10.1. The highest BCUT2D eigenvalue weighted by Crippen LogP contribution is 2.25. The fraction of sp³-hybridized carbons (Fsp3) is 0.154. The van der Waals surface area contributed by atoms with Gasteiger partial charge >= 0.3 is 0 Å². The lowest BCUT2D eigenvalue weighted by Gasteiger charge is -1.96. The second-order valence-corrected chi connectivity index (χ2v) is 4.03. The largest absolute Gasteiger partial charge is 0.443 e. The molecule has 2 heterocycles. The van der Waals surface area contributed by atoms with Crippen molar-refractivity contribution in [2.24, 2.45) is 0 Å². The molecule has 0 aliphatic heterocycles. The number of aryl methyl sites for hydroxylation is 1. The number of rotatable bonds is 2. The van der Waals surface area contributed by atoms with Crippen molar-refractivity contribution in [2.75, 3.05) is 0 Å². The molecular weight excluding hydrogens is 216 g/mol. The molecular formula is C13H12N2O2. The molecule has 3 rings (SSSR count). The van der Waals surface area contributed by atoms with Crippen LogP contribution in [0.2, 0.25) is 0 Å². The molecule has 0 aliphatic rings. The van der Waals surface area contributed by atoms with Crippen LogP contribution >= 0.6 is 0 Å². The summed E-state index contributed by atoms with van der Waals surface area (Å²) in [4.78, 5) is 7.32. The van der Waals surface area contributed by atoms with Crippen LogP contribution in [-0.2, 0) is 6.61 Å². The Balaban J connectivity index is 2.12. The normalized spacial score (nSPS) is 11.2. The standard InChI is InChI=1S/C13H12N2O2/c1-8-10(6-16)4-12(15-8)9-2-3-11-13(5-9)17-7-14-11/h2-5,7,15-16H,6H2,1H3. The molecule has 0 aliphatic carbocycles. The number of aromatic amines is 1. The number of aliphatic hydroxyl groups is 1. The fourth-order valence-electron chi connectivity index (χ4n) is 1.94. The molecule has 86 valence electrons. The second kappa shape index (κ2) is 3.75. The summed E-state index contributed by atoms with van der Waals surface area (Å²) in [5.74, 6) is 0. The van der Waals surface area contributed by atoms with E-state index in [2.05, 4.69) is 9.97 Å². The van der Waals surface area contributed by atoms with E-state index in [1.807, 2.05) is 31.2 Å². The molecule has 17 heavy (non-hydrogen) atoms.